The van der Waals surface area contributed by atoms with E-state index in [9.17, 15) is 0 Å². The van der Waals surface area contributed by atoms with Crippen molar-refractivity contribution < 1.29 is 4.74 Å². The van der Waals surface area contributed by atoms with Crippen molar-refractivity contribution in [1.29, 1.82) is 0 Å². The SMILES string of the molecule is c1ccc(-c2ccc(N(c3ccccc3)c3ccc4c(c3)Oc3cc(-c5nc(-c6ccccc6)nc(-c6ccccc6)n5)ccc3N4c3ccccc3)cc2)cc1. The quantitative estimate of drug-likeness (QED) is 0.155. The van der Waals surface area contributed by atoms with E-state index in [0.717, 1.165) is 62.1 Å². The standard InChI is InChI=1S/C51H35N5O/c1-6-16-36(17-7-1)37-26-29-43(30-27-37)55(41-22-12-4-13-23-41)44-31-33-46-48(35-44)57-47-34-40(28-32-45(47)56(46)42-24-14-5-15-25-42)51-53-49(38-18-8-2-9-19-38)52-50(54-51)39-20-10-3-11-21-39/h1-35H. The van der Waals surface area contributed by atoms with Gasteiger partial charge in [-0.3, -0.25) is 0 Å². The summed E-state index contributed by atoms with van der Waals surface area (Å²) in [6.45, 7) is 0. The Kier molecular flexibility index (Phi) is 8.74. The number of fused-ring (bicyclic) bond motifs is 2. The Morgan fingerprint density at radius 2 is 0.737 bits per heavy atom. The van der Waals surface area contributed by atoms with E-state index in [1.807, 2.05) is 84.9 Å². The summed E-state index contributed by atoms with van der Waals surface area (Å²) in [6.07, 6.45) is 0. The van der Waals surface area contributed by atoms with Gasteiger partial charge in [0.05, 0.1) is 11.4 Å². The third-order valence-corrected chi connectivity index (χ3v) is 10.1. The summed E-state index contributed by atoms with van der Waals surface area (Å²) >= 11 is 0. The molecule has 0 aliphatic carbocycles. The summed E-state index contributed by atoms with van der Waals surface area (Å²) in [5.74, 6) is 3.21. The summed E-state index contributed by atoms with van der Waals surface area (Å²) in [5.41, 5.74) is 10.9. The normalized spacial score (nSPS) is 11.6. The first kappa shape index (κ1) is 33.7. The Bertz CT molecular complexity index is 2740. The molecule has 0 saturated heterocycles. The molecule has 0 amide bonds. The molecule has 0 radical (unpaired) electrons. The minimum absolute atomic E-state index is 0.564. The van der Waals surface area contributed by atoms with E-state index in [2.05, 4.69) is 137 Å². The smallest absolute Gasteiger partial charge is 0.164 e. The van der Waals surface area contributed by atoms with Gasteiger partial charge in [-0.1, -0.05) is 140 Å². The van der Waals surface area contributed by atoms with E-state index in [1.54, 1.807) is 0 Å². The van der Waals surface area contributed by atoms with Gasteiger partial charge in [-0.25, -0.2) is 15.0 Å². The number of anilines is 6. The highest BCUT2D eigenvalue weighted by molar-refractivity contribution is 5.90. The molecule has 0 atom stereocenters. The van der Waals surface area contributed by atoms with Gasteiger partial charge in [-0.2, -0.15) is 0 Å². The number of benzene rings is 8. The molecule has 6 heteroatoms. The lowest BCUT2D eigenvalue weighted by molar-refractivity contribution is 0.477. The molecule has 1 aliphatic rings. The third kappa shape index (κ3) is 6.66. The average Bonchev–Trinajstić information content (AvgIpc) is 3.29. The van der Waals surface area contributed by atoms with Crippen LogP contribution in [0.2, 0.25) is 0 Å². The minimum Gasteiger partial charge on any atom is -0.453 e. The van der Waals surface area contributed by atoms with Crippen LogP contribution in [0.3, 0.4) is 0 Å². The molecular weight excluding hydrogens is 699 g/mol. The van der Waals surface area contributed by atoms with E-state index >= 15 is 0 Å². The topological polar surface area (TPSA) is 54.4 Å². The first-order chi connectivity index (χ1) is 28.2. The monoisotopic (exact) mass is 733 g/mol. The molecule has 0 N–H and O–H groups in total. The number of para-hydroxylation sites is 2. The fraction of sp³-hybridized carbons (Fsp3) is 0. The maximum Gasteiger partial charge on any atom is 0.164 e. The molecular formula is C51H35N5O. The van der Waals surface area contributed by atoms with Gasteiger partial charge in [-0.05, 0) is 77.9 Å². The van der Waals surface area contributed by atoms with Crippen molar-refractivity contribution in [1.82, 2.24) is 15.0 Å². The number of rotatable bonds is 8. The molecule has 8 aromatic carbocycles. The molecule has 2 heterocycles. The number of hydrogen-bond acceptors (Lipinski definition) is 6. The molecule has 10 rings (SSSR count). The van der Waals surface area contributed by atoms with E-state index < -0.39 is 0 Å². The second-order valence-electron chi connectivity index (χ2n) is 13.7. The predicted octanol–water partition coefficient (Wildman–Crippen LogP) is 13.6. The van der Waals surface area contributed by atoms with E-state index in [-0.39, 0.29) is 0 Å². The highest BCUT2D eigenvalue weighted by Gasteiger charge is 2.28. The van der Waals surface area contributed by atoms with Crippen LogP contribution in [-0.2, 0) is 0 Å². The fourth-order valence-electron chi connectivity index (χ4n) is 7.33. The zero-order valence-corrected chi connectivity index (χ0v) is 30.9. The molecule has 0 bridgehead atoms. The van der Waals surface area contributed by atoms with E-state index in [0.29, 0.717) is 23.2 Å². The molecule has 0 fully saturated rings. The molecule has 270 valence electrons. The molecule has 0 unspecified atom stereocenters. The molecule has 57 heavy (non-hydrogen) atoms. The molecule has 1 aliphatic heterocycles. The van der Waals surface area contributed by atoms with Crippen LogP contribution in [0.1, 0.15) is 0 Å². The summed E-state index contributed by atoms with van der Waals surface area (Å²) in [7, 11) is 0. The van der Waals surface area contributed by atoms with Crippen LogP contribution in [0.5, 0.6) is 11.5 Å². The second kappa shape index (κ2) is 14.8. The van der Waals surface area contributed by atoms with Crippen molar-refractivity contribution in [2.24, 2.45) is 0 Å². The highest BCUT2D eigenvalue weighted by Crippen LogP contribution is 2.53. The van der Waals surface area contributed by atoms with Crippen molar-refractivity contribution in [2.75, 3.05) is 9.80 Å². The van der Waals surface area contributed by atoms with Gasteiger partial charge in [0.2, 0.25) is 0 Å². The fourth-order valence-corrected chi connectivity index (χ4v) is 7.33. The maximum atomic E-state index is 6.92. The summed E-state index contributed by atoms with van der Waals surface area (Å²) < 4.78 is 6.92. The highest BCUT2D eigenvalue weighted by atomic mass is 16.5. The largest absolute Gasteiger partial charge is 0.453 e. The second-order valence-corrected chi connectivity index (χ2v) is 13.7. The Hall–Kier alpha value is -7.83. The van der Waals surface area contributed by atoms with Crippen molar-refractivity contribution in [3.05, 3.63) is 212 Å². The molecule has 0 spiro atoms. The van der Waals surface area contributed by atoms with Crippen LogP contribution in [0, 0.1) is 0 Å². The van der Waals surface area contributed by atoms with Crippen molar-refractivity contribution >= 4 is 34.1 Å². The van der Waals surface area contributed by atoms with Crippen molar-refractivity contribution in [3.63, 3.8) is 0 Å². The third-order valence-electron chi connectivity index (χ3n) is 10.1. The molecule has 9 aromatic rings. The Balaban J connectivity index is 1.09. The lowest BCUT2D eigenvalue weighted by Gasteiger charge is -2.34. The average molecular weight is 734 g/mol. The van der Waals surface area contributed by atoms with Gasteiger partial charge < -0.3 is 14.5 Å². The molecule has 0 saturated carbocycles. The lowest BCUT2D eigenvalue weighted by Crippen LogP contribution is -2.17. The number of aromatic nitrogens is 3. The summed E-state index contributed by atoms with van der Waals surface area (Å²) in [6, 6.07) is 72.7. The van der Waals surface area contributed by atoms with Crippen LogP contribution in [0.4, 0.5) is 34.1 Å². The Labute approximate surface area is 331 Å². The van der Waals surface area contributed by atoms with Gasteiger partial charge in [0, 0.05) is 45.5 Å². The zero-order chi connectivity index (χ0) is 38.0. The molecule has 1 aromatic heterocycles. The van der Waals surface area contributed by atoms with Gasteiger partial charge in [0.25, 0.3) is 0 Å². The number of ether oxygens (including phenoxy) is 1. The Morgan fingerprint density at radius 1 is 0.333 bits per heavy atom. The summed E-state index contributed by atoms with van der Waals surface area (Å²) in [4.78, 5) is 19.4. The van der Waals surface area contributed by atoms with Crippen molar-refractivity contribution in [3.8, 4) is 56.8 Å². The summed E-state index contributed by atoms with van der Waals surface area (Å²) in [5, 5.41) is 0. The number of hydrogen-bond donors (Lipinski definition) is 0. The van der Waals surface area contributed by atoms with Gasteiger partial charge in [0.1, 0.15) is 0 Å². The van der Waals surface area contributed by atoms with Crippen LogP contribution in [-0.4, -0.2) is 15.0 Å². The van der Waals surface area contributed by atoms with Gasteiger partial charge >= 0.3 is 0 Å². The first-order valence-corrected chi connectivity index (χ1v) is 18.9. The lowest BCUT2D eigenvalue weighted by atomic mass is 10.0. The van der Waals surface area contributed by atoms with Crippen LogP contribution < -0.4 is 14.5 Å². The van der Waals surface area contributed by atoms with Gasteiger partial charge in [-0.15, -0.1) is 0 Å². The minimum atomic E-state index is 0.564. The van der Waals surface area contributed by atoms with Crippen LogP contribution in [0.15, 0.2) is 212 Å². The Morgan fingerprint density at radius 3 is 1.32 bits per heavy atom. The predicted molar refractivity (Wildman–Crippen MR) is 231 cm³/mol. The maximum absolute atomic E-state index is 6.92. The zero-order valence-electron chi connectivity index (χ0n) is 30.9. The van der Waals surface area contributed by atoms with Gasteiger partial charge in [0.15, 0.2) is 29.0 Å². The van der Waals surface area contributed by atoms with Crippen LogP contribution in [0.25, 0.3) is 45.3 Å². The number of nitrogens with zero attached hydrogens (tertiary/aromatic N) is 5. The molecule has 6 nitrogen and oxygen atoms in total. The first-order valence-electron chi connectivity index (χ1n) is 18.9. The van der Waals surface area contributed by atoms with Crippen LogP contribution >= 0.6 is 0 Å². The van der Waals surface area contributed by atoms with E-state index in [1.165, 1.54) is 5.56 Å². The van der Waals surface area contributed by atoms with Crippen molar-refractivity contribution in [2.45, 2.75) is 0 Å². The van der Waals surface area contributed by atoms with E-state index in [4.69, 9.17) is 19.7 Å².